The lowest BCUT2D eigenvalue weighted by atomic mass is 10.2. The van der Waals surface area contributed by atoms with Crippen molar-refractivity contribution in [2.24, 2.45) is 0 Å². The smallest absolute Gasteiger partial charge is 0.253 e. The predicted molar refractivity (Wildman–Crippen MR) is 103 cm³/mol. The molecular weight excluding hydrogens is 367 g/mol. The van der Waals surface area contributed by atoms with Crippen LogP contribution in [0.1, 0.15) is 29.6 Å². The third kappa shape index (κ3) is 4.09. The molecule has 27 heavy (non-hydrogen) atoms. The van der Waals surface area contributed by atoms with Gasteiger partial charge in [-0.05, 0) is 68.8 Å². The lowest BCUT2D eigenvalue weighted by Crippen LogP contribution is -2.37. The van der Waals surface area contributed by atoms with Gasteiger partial charge in [-0.3, -0.25) is 9.69 Å². The van der Waals surface area contributed by atoms with Gasteiger partial charge in [-0.1, -0.05) is 11.6 Å². The van der Waals surface area contributed by atoms with E-state index < -0.39 is 5.82 Å². The fourth-order valence-electron chi connectivity index (χ4n) is 3.86. The van der Waals surface area contributed by atoms with Crippen LogP contribution >= 0.6 is 11.6 Å². The van der Waals surface area contributed by atoms with Gasteiger partial charge in [-0.25, -0.2) is 4.39 Å². The number of benzene rings is 2. The number of rotatable bonds is 4. The Kier molecular flexibility index (Phi) is 5.32. The molecule has 2 aliphatic rings. The van der Waals surface area contributed by atoms with Crippen molar-refractivity contribution >= 4 is 17.5 Å². The third-order valence-electron chi connectivity index (χ3n) is 5.34. The molecule has 0 bridgehead atoms. The van der Waals surface area contributed by atoms with Crippen LogP contribution in [-0.4, -0.2) is 47.9 Å². The highest BCUT2D eigenvalue weighted by Crippen LogP contribution is 2.27. The second kappa shape index (κ2) is 7.87. The molecule has 2 saturated heterocycles. The molecule has 2 heterocycles. The van der Waals surface area contributed by atoms with Crippen molar-refractivity contribution in [3.8, 4) is 11.5 Å². The Hall–Kier alpha value is -2.11. The van der Waals surface area contributed by atoms with E-state index in [4.69, 9.17) is 16.3 Å². The van der Waals surface area contributed by atoms with Crippen LogP contribution < -0.4 is 4.74 Å². The third-order valence-corrected chi connectivity index (χ3v) is 5.63. The van der Waals surface area contributed by atoms with Crippen molar-refractivity contribution < 1.29 is 13.9 Å². The van der Waals surface area contributed by atoms with Crippen molar-refractivity contribution in [3.63, 3.8) is 0 Å². The maximum Gasteiger partial charge on any atom is 0.253 e. The van der Waals surface area contributed by atoms with Crippen molar-refractivity contribution in [3.05, 3.63) is 58.9 Å². The van der Waals surface area contributed by atoms with Gasteiger partial charge in [-0.2, -0.15) is 0 Å². The summed E-state index contributed by atoms with van der Waals surface area (Å²) in [5.74, 6) is 0.606. The Morgan fingerprint density at radius 3 is 2.44 bits per heavy atom. The van der Waals surface area contributed by atoms with Gasteiger partial charge in [0.15, 0.2) is 0 Å². The Morgan fingerprint density at radius 1 is 1.04 bits per heavy atom. The molecule has 4 rings (SSSR count). The van der Waals surface area contributed by atoms with Crippen LogP contribution in [0.25, 0.3) is 0 Å². The molecule has 6 heteroatoms. The highest BCUT2D eigenvalue weighted by atomic mass is 35.5. The monoisotopic (exact) mass is 388 g/mol. The summed E-state index contributed by atoms with van der Waals surface area (Å²) in [5, 5.41) is 0.0147. The first-order valence-electron chi connectivity index (χ1n) is 9.36. The van der Waals surface area contributed by atoms with Gasteiger partial charge >= 0.3 is 0 Å². The molecule has 0 aromatic heterocycles. The van der Waals surface area contributed by atoms with Crippen molar-refractivity contribution in [1.82, 2.24) is 9.80 Å². The lowest BCUT2D eigenvalue weighted by molar-refractivity contribution is 0.0780. The first-order valence-corrected chi connectivity index (χ1v) is 9.74. The number of halogens is 2. The fourth-order valence-corrected chi connectivity index (χ4v) is 4.03. The number of amides is 1. The fraction of sp³-hybridized carbons (Fsp3) is 0.381. The number of ether oxygens (including phenoxy) is 1. The summed E-state index contributed by atoms with van der Waals surface area (Å²) in [6.07, 6.45) is 3.59. The zero-order chi connectivity index (χ0) is 18.8. The summed E-state index contributed by atoms with van der Waals surface area (Å²) in [7, 11) is 0. The SMILES string of the molecule is O=C(c1ccc(Oc2ccc(F)c(Cl)c2)cc1)N1CC[C@H](N2CCCC2)C1. The number of likely N-dealkylation sites (tertiary alicyclic amines) is 2. The molecule has 0 N–H and O–H groups in total. The van der Waals surface area contributed by atoms with E-state index in [9.17, 15) is 9.18 Å². The van der Waals surface area contributed by atoms with E-state index in [1.165, 1.54) is 31.0 Å². The molecule has 0 unspecified atom stereocenters. The summed E-state index contributed by atoms with van der Waals surface area (Å²) in [6.45, 7) is 3.94. The summed E-state index contributed by atoms with van der Waals surface area (Å²) < 4.78 is 18.9. The number of hydrogen-bond acceptors (Lipinski definition) is 3. The predicted octanol–water partition coefficient (Wildman–Crippen LogP) is 4.58. The normalized spacial score (nSPS) is 20.2. The molecule has 4 nitrogen and oxygen atoms in total. The molecule has 0 radical (unpaired) electrons. The lowest BCUT2D eigenvalue weighted by Gasteiger charge is -2.23. The standard InChI is InChI=1S/C21H22ClFN2O2/c22-19-13-18(7-8-20(19)23)27-17-5-3-15(4-6-17)21(26)25-12-9-16(14-25)24-10-1-2-11-24/h3-8,13,16H,1-2,9-12,14H2/t16-/m0/s1. The van der Waals surface area contributed by atoms with E-state index >= 15 is 0 Å². The summed E-state index contributed by atoms with van der Waals surface area (Å²) in [4.78, 5) is 17.2. The van der Waals surface area contributed by atoms with Crippen molar-refractivity contribution in [2.45, 2.75) is 25.3 Å². The Bertz CT molecular complexity index is 821. The van der Waals surface area contributed by atoms with E-state index in [2.05, 4.69) is 4.90 Å². The van der Waals surface area contributed by atoms with Gasteiger partial charge in [0.2, 0.25) is 0 Å². The van der Waals surface area contributed by atoms with Crippen LogP contribution in [0, 0.1) is 5.82 Å². The summed E-state index contributed by atoms with van der Waals surface area (Å²) >= 11 is 5.77. The molecule has 0 aliphatic carbocycles. The molecule has 0 saturated carbocycles. The molecule has 0 spiro atoms. The van der Waals surface area contributed by atoms with Crippen LogP contribution in [0.2, 0.25) is 5.02 Å². The van der Waals surface area contributed by atoms with Gasteiger partial charge in [-0.15, -0.1) is 0 Å². The molecule has 142 valence electrons. The van der Waals surface area contributed by atoms with Gasteiger partial charge in [0.1, 0.15) is 17.3 Å². The highest BCUT2D eigenvalue weighted by Gasteiger charge is 2.31. The Labute approximate surface area is 163 Å². The minimum Gasteiger partial charge on any atom is -0.457 e. The van der Waals surface area contributed by atoms with Crippen LogP contribution in [0.4, 0.5) is 4.39 Å². The topological polar surface area (TPSA) is 32.8 Å². The summed E-state index contributed by atoms with van der Waals surface area (Å²) in [6, 6.07) is 11.7. The largest absolute Gasteiger partial charge is 0.457 e. The van der Waals surface area contributed by atoms with Gasteiger partial charge in [0, 0.05) is 30.8 Å². The van der Waals surface area contributed by atoms with E-state index in [0.717, 1.165) is 32.6 Å². The molecule has 2 aromatic rings. The molecule has 2 aromatic carbocycles. The van der Waals surface area contributed by atoms with E-state index in [0.29, 0.717) is 23.1 Å². The van der Waals surface area contributed by atoms with Gasteiger partial charge < -0.3 is 9.64 Å². The average molecular weight is 389 g/mol. The summed E-state index contributed by atoms with van der Waals surface area (Å²) in [5.41, 5.74) is 0.654. The minimum atomic E-state index is -0.484. The second-order valence-electron chi connectivity index (χ2n) is 7.14. The van der Waals surface area contributed by atoms with Crippen LogP contribution in [0.15, 0.2) is 42.5 Å². The molecule has 2 aliphatic heterocycles. The number of nitrogens with zero attached hydrogens (tertiary/aromatic N) is 2. The zero-order valence-electron chi connectivity index (χ0n) is 15.0. The average Bonchev–Trinajstić information content (AvgIpc) is 3.36. The number of hydrogen-bond donors (Lipinski definition) is 0. The Morgan fingerprint density at radius 2 is 1.74 bits per heavy atom. The zero-order valence-corrected chi connectivity index (χ0v) is 15.8. The maximum atomic E-state index is 13.2. The van der Waals surface area contributed by atoms with Crippen LogP contribution in [0.5, 0.6) is 11.5 Å². The molecule has 1 amide bonds. The van der Waals surface area contributed by atoms with Crippen LogP contribution in [-0.2, 0) is 0 Å². The van der Waals surface area contributed by atoms with E-state index in [-0.39, 0.29) is 10.9 Å². The Balaban J connectivity index is 1.38. The second-order valence-corrected chi connectivity index (χ2v) is 7.55. The van der Waals surface area contributed by atoms with E-state index in [1.54, 1.807) is 24.3 Å². The number of carbonyl (C=O) groups is 1. The van der Waals surface area contributed by atoms with Gasteiger partial charge in [0.05, 0.1) is 5.02 Å². The number of carbonyl (C=O) groups excluding carboxylic acids is 1. The van der Waals surface area contributed by atoms with Gasteiger partial charge in [0.25, 0.3) is 5.91 Å². The van der Waals surface area contributed by atoms with Crippen LogP contribution in [0.3, 0.4) is 0 Å². The highest BCUT2D eigenvalue weighted by molar-refractivity contribution is 6.30. The molecular formula is C21H22ClFN2O2. The molecule has 2 fully saturated rings. The minimum absolute atomic E-state index is 0.0147. The first-order chi connectivity index (χ1) is 13.1. The van der Waals surface area contributed by atoms with E-state index in [1.807, 2.05) is 4.90 Å². The van der Waals surface area contributed by atoms with Crippen molar-refractivity contribution in [1.29, 1.82) is 0 Å². The quantitative estimate of drug-likeness (QED) is 0.768. The molecule has 1 atom stereocenters. The first kappa shape index (κ1) is 18.3. The van der Waals surface area contributed by atoms with Crippen molar-refractivity contribution in [2.75, 3.05) is 26.2 Å². The maximum absolute atomic E-state index is 13.2.